The second kappa shape index (κ2) is 9.71. The van der Waals surface area contributed by atoms with Gasteiger partial charge in [0.15, 0.2) is 0 Å². The summed E-state index contributed by atoms with van der Waals surface area (Å²) in [6.07, 6.45) is 2.75. The minimum atomic E-state index is -1.14. The van der Waals surface area contributed by atoms with Crippen LogP contribution in [0, 0.1) is 0 Å². The van der Waals surface area contributed by atoms with Crippen molar-refractivity contribution in [3.63, 3.8) is 0 Å². The van der Waals surface area contributed by atoms with Crippen LogP contribution in [0.15, 0.2) is 30.3 Å². The Labute approximate surface area is 175 Å². The summed E-state index contributed by atoms with van der Waals surface area (Å²) in [7, 11) is 0. The predicted molar refractivity (Wildman–Crippen MR) is 108 cm³/mol. The van der Waals surface area contributed by atoms with Crippen molar-refractivity contribution in [2.24, 2.45) is 5.73 Å². The van der Waals surface area contributed by atoms with Gasteiger partial charge in [0.2, 0.25) is 17.7 Å². The molecule has 9 nitrogen and oxygen atoms in total. The van der Waals surface area contributed by atoms with Gasteiger partial charge in [-0.3, -0.25) is 19.2 Å². The highest BCUT2D eigenvalue weighted by molar-refractivity contribution is 5.94. The topological polar surface area (TPSA) is 133 Å². The van der Waals surface area contributed by atoms with E-state index >= 15 is 0 Å². The molecule has 0 radical (unpaired) electrons. The van der Waals surface area contributed by atoms with Crippen molar-refractivity contribution >= 4 is 23.7 Å². The number of carbonyl (C=O) groups excluding carboxylic acids is 3. The third-order valence-corrected chi connectivity index (χ3v) is 5.69. The molecule has 0 aromatic heterocycles. The number of hydrogen-bond acceptors (Lipinski definition) is 5. The van der Waals surface area contributed by atoms with Gasteiger partial charge in [0.25, 0.3) is 0 Å². The molecule has 0 aliphatic carbocycles. The molecule has 3 atom stereocenters. The number of aliphatic carboxylic acids is 1. The molecule has 2 saturated heterocycles. The van der Waals surface area contributed by atoms with Crippen LogP contribution in [-0.2, 0) is 25.6 Å². The minimum Gasteiger partial charge on any atom is -0.480 e. The van der Waals surface area contributed by atoms with Crippen molar-refractivity contribution in [3.8, 4) is 0 Å². The second-order valence-corrected chi connectivity index (χ2v) is 7.79. The van der Waals surface area contributed by atoms with Crippen molar-refractivity contribution < 1.29 is 24.3 Å². The number of hydrogen-bond donors (Lipinski definition) is 3. The molecule has 30 heavy (non-hydrogen) atoms. The average molecular weight is 416 g/mol. The molecule has 162 valence electrons. The predicted octanol–water partition coefficient (Wildman–Crippen LogP) is -0.261. The maximum absolute atomic E-state index is 13.2. The summed E-state index contributed by atoms with van der Waals surface area (Å²) < 4.78 is 0. The van der Waals surface area contributed by atoms with Gasteiger partial charge in [-0.05, 0) is 37.7 Å². The van der Waals surface area contributed by atoms with Gasteiger partial charge in [0.05, 0.1) is 6.04 Å². The first-order valence-electron chi connectivity index (χ1n) is 10.3. The smallest absolute Gasteiger partial charge is 0.322 e. The fourth-order valence-corrected chi connectivity index (χ4v) is 4.23. The number of likely N-dealkylation sites (tertiary alicyclic amines) is 2. The number of carbonyl (C=O) groups is 4. The monoisotopic (exact) mass is 416 g/mol. The number of rotatable bonds is 7. The van der Waals surface area contributed by atoms with Gasteiger partial charge in [-0.25, -0.2) is 0 Å². The van der Waals surface area contributed by atoms with Crippen molar-refractivity contribution in [2.45, 2.75) is 50.2 Å². The lowest BCUT2D eigenvalue weighted by molar-refractivity contribution is -0.147. The maximum Gasteiger partial charge on any atom is 0.322 e. The van der Waals surface area contributed by atoms with Crippen LogP contribution in [0.4, 0.5) is 0 Å². The third kappa shape index (κ3) is 4.96. The number of carboxylic acid groups (broad SMARTS) is 1. The van der Waals surface area contributed by atoms with E-state index in [9.17, 15) is 19.2 Å². The molecule has 2 heterocycles. The van der Waals surface area contributed by atoms with Gasteiger partial charge in [-0.15, -0.1) is 0 Å². The number of carboxylic acids is 1. The highest BCUT2D eigenvalue weighted by Gasteiger charge is 2.42. The van der Waals surface area contributed by atoms with Crippen LogP contribution in [-0.4, -0.2) is 76.4 Å². The van der Waals surface area contributed by atoms with E-state index < -0.39 is 36.5 Å². The van der Waals surface area contributed by atoms with E-state index in [1.165, 1.54) is 4.90 Å². The summed E-state index contributed by atoms with van der Waals surface area (Å²) in [4.78, 5) is 52.2. The zero-order valence-corrected chi connectivity index (χ0v) is 16.8. The lowest BCUT2D eigenvalue weighted by Crippen LogP contribution is -2.55. The van der Waals surface area contributed by atoms with Crippen molar-refractivity contribution in [1.82, 2.24) is 15.1 Å². The molecule has 2 aliphatic rings. The van der Waals surface area contributed by atoms with E-state index in [1.807, 2.05) is 30.3 Å². The van der Waals surface area contributed by atoms with Gasteiger partial charge < -0.3 is 26.0 Å². The molecule has 3 rings (SSSR count). The lowest BCUT2D eigenvalue weighted by Gasteiger charge is -2.32. The molecule has 2 fully saturated rings. The number of amides is 3. The molecular formula is C21H28N4O5. The molecule has 4 N–H and O–H groups in total. The Morgan fingerprint density at radius 2 is 1.67 bits per heavy atom. The van der Waals surface area contributed by atoms with E-state index in [0.29, 0.717) is 45.2 Å². The van der Waals surface area contributed by atoms with Crippen LogP contribution in [0.2, 0.25) is 0 Å². The van der Waals surface area contributed by atoms with Crippen LogP contribution in [0.3, 0.4) is 0 Å². The van der Waals surface area contributed by atoms with E-state index in [4.69, 9.17) is 10.8 Å². The lowest BCUT2D eigenvalue weighted by atomic mass is 10.0. The van der Waals surface area contributed by atoms with E-state index in [2.05, 4.69) is 5.32 Å². The second-order valence-electron chi connectivity index (χ2n) is 7.79. The third-order valence-electron chi connectivity index (χ3n) is 5.69. The number of nitrogens with two attached hydrogens (primary N) is 1. The minimum absolute atomic E-state index is 0.263. The zero-order chi connectivity index (χ0) is 21.7. The largest absolute Gasteiger partial charge is 0.480 e. The zero-order valence-electron chi connectivity index (χ0n) is 16.8. The van der Waals surface area contributed by atoms with Crippen LogP contribution in [0.25, 0.3) is 0 Å². The number of benzene rings is 1. The normalized spacial score (nSPS) is 22.0. The van der Waals surface area contributed by atoms with Crippen LogP contribution >= 0.6 is 0 Å². The Morgan fingerprint density at radius 3 is 2.33 bits per heavy atom. The van der Waals surface area contributed by atoms with Gasteiger partial charge >= 0.3 is 5.97 Å². The quantitative estimate of drug-likeness (QED) is 0.561. The van der Waals surface area contributed by atoms with Gasteiger partial charge in [-0.2, -0.15) is 0 Å². The van der Waals surface area contributed by atoms with Crippen molar-refractivity contribution in [1.29, 1.82) is 0 Å². The van der Waals surface area contributed by atoms with Crippen LogP contribution < -0.4 is 11.1 Å². The Balaban J connectivity index is 1.65. The van der Waals surface area contributed by atoms with Gasteiger partial charge in [-0.1, -0.05) is 30.3 Å². The molecule has 2 aliphatic heterocycles. The molecule has 0 spiro atoms. The highest BCUT2D eigenvalue weighted by atomic mass is 16.4. The first kappa shape index (κ1) is 21.8. The Bertz CT molecular complexity index is 800. The van der Waals surface area contributed by atoms with E-state index in [1.54, 1.807) is 4.90 Å². The molecule has 1 aromatic rings. The summed E-state index contributed by atoms with van der Waals surface area (Å²) in [5, 5.41) is 11.1. The molecule has 9 heteroatoms. The van der Waals surface area contributed by atoms with Crippen LogP contribution in [0.5, 0.6) is 0 Å². The summed E-state index contributed by atoms with van der Waals surface area (Å²) in [6, 6.07) is 7.41. The highest BCUT2D eigenvalue weighted by Crippen LogP contribution is 2.25. The van der Waals surface area contributed by atoms with Crippen LogP contribution in [0.1, 0.15) is 31.2 Å². The molecule has 1 aromatic carbocycles. The summed E-state index contributed by atoms with van der Waals surface area (Å²) >= 11 is 0. The summed E-state index contributed by atoms with van der Waals surface area (Å²) in [5.41, 5.74) is 7.11. The fraction of sp³-hybridized carbons (Fsp3) is 0.524. The molecule has 0 saturated carbocycles. The first-order valence-corrected chi connectivity index (χ1v) is 10.3. The maximum atomic E-state index is 13.2. The van der Waals surface area contributed by atoms with E-state index in [0.717, 1.165) is 5.56 Å². The van der Waals surface area contributed by atoms with E-state index in [-0.39, 0.29) is 11.8 Å². The summed E-state index contributed by atoms with van der Waals surface area (Å²) in [6.45, 7) is 0.389. The average Bonchev–Trinajstić information content (AvgIpc) is 3.41. The Kier molecular flexibility index (Phi) is 7.04. The molecule has 0 bridgehead atoms. The fourth-order valence-electron chi connectivity index (χ4n) is 4.23. The standard InChI is InChI=1S/C21H28N4O5/c22-15(12-14-6-2-1-3-7-14)20(29)25-11-5-9-17(25)21(30)24-10-4-8-16(24)19(28)23-13-18(26)27/h1-3,6-7,15-17H,4-5,8-13,22H2,(H,23,28)(H,26,27). The Morgan fingerprint density at radius 1 is 1.03 bits per heavy atom. The Hall–Kier alpha value is -2.94. The van der Waals surface area contributed by atoms with Crippen molar-refractivity contribution in [3.05, 3.63) is 35.9 Å². The van der Waals surface area contributed by atoms with Crippen molar-refractivity contribution in [2.75, 3.05) is 19.6 Å². The molecule has 3 unspecified atom stereocenters. The molecule has 3 amide bonds. The number of nitrogens with zero attached hydrogens (tertiary/aromatic N) is 2. The van der Waals surface area contributed by atoms with Gasteiger partial charge in [0.1, 0.15) is 18.6 Å². The number of nitrogens with one attached hydrogen (secondary N) is 1. The first-order chi connectivity index (χ1) is 14.4. The summed E-state index contributed by atoms with van der Waals surface area (Å²) in [5.74, 6) is -2.14. The van der Waals surface area contributed by atoms with Gasteiger partial charge in [0, 0.05) is 13.1 Å². The SMILES string of the molecule is NC(Cc1ccccc1)C(=O)N1CCCC1C(=O)N1CCCC1C(=O)NCC(=O)O. The molecular weight excluding hydrogens is 388 g/mol.